The summed E-state index contributed by atoms with van der Waals surface area (Å²) in [4.78, 5) is 0. The first-order valence-corrected chi connectivity index (χ1v) is 7.43. The normalized spacial score (nSPS) is 13.8. The summed E-state index contributed by atoms with van der Waals surface area (Å²) in [5.41, 5.74) is 0.309. The number of hydrogen-bond acceptors (Lipinski definition) is 3. The van der Waals surface area contributed by atoms with E-state index in [-0.39, 0.29) is 12.3 Å². The predicted octanol–water partition coefficient (Wildman–Crippen LogP) is 1.51. The molecule has 0 aromatic heterocycles. The van der Waals surface area contributed by atoms with Gasteiger partial charge in [0.2, 0.25) is 10.0 Å². The Morgan fingerprint density at radius 1 is 1.32 bits per heavy atom. The van der Waals surface area contributed by atoms with Crippen molar-refractivity contribution in [2.75, 3.05) is 26.4 Å². The van der Waals surface area contributed by atoms with Crippen LogP contribution in [0.5, 0.6) is 0 Å². The van der Waals surface area contributed by atoms with E-state index in [1.54, 1.807) is 6.92 Å². The number of sulfonamides is 1. The number of rotatable bonds is 6. The highest BCUT2D eigenvalue weighted by Gasteiger charge is 2.15. The first kappa shape index (κ1) is 16.0. The van der Waals surface area contributed by atoms with E-state index in [4.69, 9.17) is 0 Å². The third kappa shape index (κ3) is 4.52. The molecular weight excluding hydrogens is 274 g/mol. The van der Waals surface area contributed by atoms with Crippen molar-refractivity contribution >= 4 is 10.0 Å². The van der Waals surface area contributed by atoms with Gasteiger partial charge in [0.25, 0.3) is 0 Å². The van der Waals surface area contributed by atoms with E-state index < -0.39 is 27.7 Å². The Balaban J connectivity index is 2.59. The summed E-state index contributed by atoms with van der Waals surface area (Å²) < 4.78 is 50.4. The summed E-state index contributed by atoms with van der Waals surface area (Å²) >= 11 is 0. The molecule has 0 bridgehead atoms. The highest BCUT2D eigenvalue weighted by molar-refractivity contribution is 7.89. The largest absolute Gasteiger partial charge is 0.309 e. The lowest BCUT2D eigenvalue weighted by atomic mass is 10.1. The van der Waals surface area contributed by atoms with Crippen molar-refractivity contribution in [2.24, 2.45) is 0 Å². The third-order valence-corrected chi connectivity index (χ3v) is 4.63. The molecule has 0 saturated carbocycles. The number of benzene rings is 1. The molecule has 0 aliphatic carbocycles. The van der Waals surface area contributed by atoms with Gasteiger partial charge in [0, 0.05) is 38.3 Å². The zero-order valence-corrected chi connectivity index (χ0v) is 12.0. The fourth-order valence-corrected chi connectivity index (χ4v) is 2.29. The second-order valence-electron chi connectivity index (χ2n) is 4.44. The van der Waals surface area contributed by atoms with Crippen LogP contribution in [0.25, 0.3) is 0 Å². The van der Waals surface area contributed by atoms with Crippen molar-refractivity contribution in [1.29, 1.82) is 0 Å². The van der Waals surface area contributed by atoms with Gasteiger partial charge in [-0.05, 0) is 13.0 Å². The first-order valence-electron chi connectivity index (χ1n) is 5.82. The van der Waals surface area contributed by atoms with Crippen LogP contribution in [-0.4, -0.2) is 39.1 Å². The lowest BCUT2D eigenvalue weighted by molar-refractivity contribution is 0.505. The number of halogens is 2. The summed E-state index contributed by atoms with van der Waals surface area (Å²) in [7, 11) is -0.362. The topological polar surface area (TPSA) is 49.4 Å². The van der Waals surface area contributed by atoms with E-state index in [1.165, 1.54) is 26.2 Å². The molecule has 0 amide bonds. The van der Waals surface area contributed by atoms with E-state index in [0.29, 0.717) is 5.56 Å². The van der Waals surface area contributed by atoms with Crippen LogP contribution in [0, 0.1) is 11.6 Å². The van der Waals surface area contributed by atoms with Gasteiger partial charge in [-0.3, -0.25) is 0 Å². The Hall–Kier alpha value is -1.05. The summed E-state index contributed by atoms with van der Waals surface area (Å²) in [5.74, 6) is -1.35. The summed E-state index contributed by atoms with van der Waals surface area (Å²) in [6, 6.07) is 2.94. The fourth-order valence-electron chi connectivity index (χ4n) is 1.55. The van der Waals surface area contributed by atoms with Gasteiger partial charge in [-0.15, -0.1) is 0 Å². The van der Waals surface area contributed by atoms with Crippen LogP contribution >= 0.6 is 0 Å². The third-order valence-electron chi connectivity index (χ3n) is 2.80. The van der Waals surface area contributed by atoms with Crippen molar-refractivity contribution in [2.45, 2.75) is 13.0 Å². The van der Waals surface area contributed by atoms with Crippen LogP contribution in [0.1, 0.15) is 18.5 Å². The summed E-state index contributed by atoms with van der Waals surface area (Å²) in [6.45, 7) is 1.89. The maximum absolute atomic E-state index is 13.5. The van der Waals surface area contributed by atoms with Gasteiger partial charge >= 0.3 is 0 Å². The lowest BCUT2D eigenvalue weighted by Gasteiger charge is -2.16. The quantitative estimate of drug-likeness (QED) is 0.864. The summed E-state index contributed by atoms with van der Waals surface area (Å²) in [5, 5.41) is 2.90. The maximum Gasteiger partial charge on any atom is 0.214 e. The highest BCUT2D eigenvalue weighted by Crippen LogP contribution is 2.17. The van der Waals surface area contributed by atoms with Crippen LogP contribution in [0.3, 0.4) is 0 Å². The molecule has 0 saturated heterocycles. The van der Waals surface area contributed by atoms with Crippen molar-refractivity contribution in [3.63, 3.8) is 0 Å². The minimum absolute atomic E-state index is 0.0762. The molecule has 0 aliphatic rings. The van der Waals surface area contributed by atoms with E-state index in [0.717, 1.165) is 10.4 Å². The Bertz CT molecular complexity index is 533. The number of nitrogens with zero attached hydrogens (tertiary/aromatic N) is 1. The Morgan fingerprint density at radius 2 is 1.95 bits per heavy atom. The Kier molecular flexibility index (Phi) is 5.39. The molecule has 1 N–H and O–H groups in total. The van der Waals surface area contributed by atoms with Crippen LogP contribution in [0.4, 0.5) is 8.78 Å². The Labute approximate surface area is 112 Å². The van der Waals surface area contributed by atoms with Gasteiger partial charge in [-0.25, -0.2) is 21.5 Å². The highest BCUT2D eigenvalue weighted by atomic mass is 32.2. The molecule has 1 unspecified atom stereocenters. The van der Waals surface area contributed by atoms with Crippen LogP contribution < -0.4 is 5.32 Å². The van der Waals surface area contributed by atoms with E-state index in [9.17, 15) is 17.2 Å². The standard InChI is InChI=1S/C12H18F2N2O2S/c1-9(11-5-4-10(13)8-12(11)14)15-6-7-19(17,18)16(2)3/h4-5,8-9,15H,6-7H2,1-3H3. The molecule has 7 heteroatoms. The minimum atomic E-state index is -3.28. The maximum atomic E-state index is 13.5. The Morgan fingerprint density at radius 3 is 2.47 bits per heavy atom. The molecule has 1 atom stereocenters. The smallest absolute Gasteiger partial charge is 0.214 e. The van der Waals surface area contributed by atoms with Crippen LogP contribution in [-0.2, 0) is 10.0 Å². The first-order chi connectivity index (χ1) is 8.74. The molecule has 1 aromatic carbocycles. The van der Waals surface area contributed by atoms with Gasteiger partial charge in [0.05, 0.1) is 5.75 Å². The number of nitrogens with one attached hydrogen (secondary N) is 1. The molecule has 0 aliphatic heterocycles. The van der Waals surface area contributed by atoms with Crippen LogP contribution in [0.15, 0.2) is 18.2 Å². The molecule has 1 rings (SSSR count). The molecular formula is C12H18F2N2O2S. The molecule has 0 heterocycles. The molecule has 4 nitrogen and oxygen atoms in total. The predicted molar refractivity (Wildman–Crippen MR) is 70.2 cm³/mol. The van der Waals surface area contributed by atoms with Crippen molar-refractivity contribution in [3.05, 3.63) is 35.4 Å². The van der Waals surface area contributed by atoms with Crippen LogP contribution in [0.2, 0.25) is 0 Å². The molecule has 0 fully saturated rings. The monoisotopic (exact) mass is 292 g/mol. The van der Waals surface area contributed by atoms with E-state index in [2.05, 4.69) is 5.32 Å². The SMILES string of the molecule is CC(NCCS(=O)(=O)N(C)C)c1ccc(F)cc1F. The van der Waals surface area contributed by atoms with E-state index >= 15 is 0 Å². The molecule has 19 heavy (non-hydrogen) atoms. The van der Waals surface area contributed by atoms with Gasteiger partial charge in [-0.1, -0.05) is 6.07 Å². The van der Waals surface area contributed by atoms with E-state index in [1.807, 2.05) is 0 Å². The van der Waals surface area contributed by atoms with Crippen molar-refractivity contribution in [3.8, 4) is 0 Å². The summed E-state index contributed by atoms with van der Waals surface area (Å²) in [6.07, 6.45) is 0. The molecule has 1 aromatic rings. The second-order valence-corrected chi connectivity index (χ2v) is 6.74. The molecule has 0 spiro atoms. The average Bonchev–Trinajstić information content (AvgIpc) is 2.28. The minimum Gasteiger partial charge on any atom is -0.309 e. The fraction of sp³-hybridized carbons (Fsp3) is 0.500. The molecule has 108 valence electrons. The molecule has 0 radical (unpaired) electrons. The van der Waals surface area contributed by atoms with Gasteiger partial charge in [0.1, 0.15) is 11.6 Å². The van der Waals surface area contributed by atoms with Crippen molar-refractivity contribution < 1.29 is 17.2 Å². The van der Waals surface area contributed by atoms with Gasteiger partial charge < -0.3 is 5.32 Å². The average molecular weight is 292 g/mol. The number of hydrogen-bond donors (Lipinski definition) is 1. The van der Waals surface area contributed by atoms with Gasteiger partial charge in [0.15, 0.2) is 0 Å². The van der Waals surface area contributed by atoms with Gasteiger partial charge in [-0.2, -0.15) is 0 Å². The lowest BCUT2D eigenvalue weighted by Crippen LogP contribution is -2.32. The van der Waals surface area contributed by atoms with Crippen molar-refractivity contribution in [1.82, 2.24) is 9.62 Å². The zero-order valence-electron chi connectivity index (χ0n) is 11.2. The zero-order chi connectivity index (χ0) is 14.6. The second kappa shape index (κ2) is 6.40.